The van der Waals surface area contributed by atoms with Crippen molar-refractivity contribution in [2.24, 2.45) is 17.3 Å². The van der Waals surface area contributed by atoms with Gasteiger partial charge in [0.1, 0.15) is 5.38 Å². The molecule has 18 heavy (non-hydrogen) atoms. The maximum Gasteiger partial charge on any atom is 0.237 e. The van der Waals surface area contributed by atoms with E-state index in [0.717, 1.165) is 24.8 Å². The fraction of sp³-hybridized carbons (Fsp3) is 0.929. The molecule has 0 aromatic rings. The van der Waals surface area contributed by atoms with Crippen molar-refractivity contribution in [3.63, 3.8) is 0 Å². The molecule has 4 saturated carbocycles. The van der Waals surface area contributed by atoms with E-state index in [-0.39, 0.29) is 16.2 Å². The van der Waals surface area contributed by atoms with E-state index in [2.05, 4.69) is 5.32 Å². The third-order valence-electron chi connectivity index (χ3n) is 5.11. The highest BCUT2D eigenvalue weighted by Crippen LogP contribution is 2.63. The standard InChI is InChI=1S/C14H21Cl2NO/c1-9(15)12(18)17-8-13-3-10-2-11(4-13)6-14(16,5-10)7-13/h9-11H,2-8H2,1H3,(H,17,18). The van der Waals surface area contributed by atoms with Gasteiger partial charge in [0.15, 0.2) is 0 Å². The van der Waals surface area contributed by atoms with Crippen molar-refractivity contribution in [3.05, 3.63) is 0 Å². The summed E-state index contributed by atoms with van der Waals surface area (Å²) in [6, 6.07) is 0. The zero-order valence-electron chi connectivity index (χ0n) is 10.8. The lowest BCUT2D eigenvalue weighted by atomic mass is 9.49. The monoisotopic (exact) mass is 289 g/mol. The van der Waals surface area contributed by atoms with Gasteiger partial charge in [-0.05, 0) is 62.7 Å². The van der Waals surface area contributed by atoms with E-state index >= 15 is 0 Å². The van der Waals surface area contributed by atoms with Crippen LogP contribution in [0, 0.1) is 17.3 Å². The number of alkyl halides is 2. The quantitative estimate of drug-likeness (QED) is 0.794. The van der Waals surface area contributed by atoms with Gasteiger partial charge in [0.2, 0.25) is 5.91 Å². The Bertz CT molecular complexity index is 355. The van der Waals surface area contributed by atoms with Gasteiger partial charge >= 0.3 is 0 Å². The molecule has 0 aliphatic heterocycles. The fourth-order valence-electron chi connectivity index (χ4n) is 4.96. The summed E-state index contributed by atoms with van der Waals surface area (Å²) in [4.78, 5) is 11.7. The maximum atomic E-state index is 11.6. The summed E-state index contributed by atoms with van der Waals surface area (Å²) in [5.41, 5.74) is 0.257. The molecule has 102 valence electrons. The zero-order valence-corrected chi connectivity index (χ0v) is 12.4. The van der Waals surface area contributed by atoms with Gasteiger partial charge in [-0.2, -0.15) is 0 Å². The molecule has 4 rings (SSSR count). The van der Waals surface area contributed by atoms with Crippen molar-refractivity contribution < 1.29 is 4.79 Å². The lowest BCUT2D eigenvalue weighted by molar-refractivity contribution is -0.122. The van der Waals surface area contributed by atoms with Crippen LogP contribution in [0.2, 0.25) is 0 Å². The molecule has 4 heteroatoms. The highest BCUT2D eigenvalue weighted by atomic mass is 35.5. The van der Waals surface area contributed by atoms with Crippen LogP contribution in [0.3, 0.4) is 0 Å². The maximum absolute atomic E-state index is 11.6. The van der Waals surface area contributed by atoms with Crippen LogP contribution >= 0.6 is 23.2 Å². The van der Waals surface area contributed by atoms with Crippen LogP contribution in [0.15, 0.2) is 0 Å². The molecule has 3 atom stereocenters. The molecule has 0 aromatic heterocycles. The molecule has 4 bridgehead atoms. The molecule has 1 amide bonds. The van der Waals surface area contributed by atoms with E-state index in [0.29, 0.717) is 0 Å². The van der Waals surface area contributed by atoms with Gasteiger partial charge in [0, 0.05) is 11.4 Å². The highest BCUT2D eigenvalue weighted by molar-refractivity contribution is 6.30. The number of halogens is 2. The second kappa shape index (κ2) is 4.28. The third kappa shape index (κ3) is 2.27. The molecule has 0 saturated heterocycles. The van der Waals surface area contributed by atoms with Gasteiger partial charge in [-0.25, -0.2) is 0 Å². The molecule has 0 aromatic carbocycles. The average Bonchev–Trinajstić information content (AvgIpc) is 2.22. The second-order valence-corrected chi connectivity index (χ2v) is 8.40. The highest BCUT2D eigenvalue weighted by Gasteiger charge is 2.56. The van der Waals surface area contributed by atoms with Gasteiger partial charge in [0.25, 0.3) is 0 Å². The number of hydrogen-bond acceptors (Lipinski definition) is 1. The molecule has 0 radical (unpaired) electrons. The molecule has 1 N–H and O–H groups in total. The van der Waals surface area contributed by atoms with Crippen molar-refractivity contribution in [3.8, 4) is 0 Å². The van der Waals surface area contributed by atoms with Gasteiger partial charge in [-0.1, -0.05) is 0 Å². The molecular formula is C14H21Cl2NO. The fourth-order valence-corrected chi connectivity index (χ4v) is 5.76. The van der Waals surface area contributed by atoms with Gasteiger partial charge in [0.05, 0.1) is 0 Å². The van der Waals surface area contributed by atoms with Crippen LogP contribution < -0.4 is 5.32 Å². The van der Waals surface area contributed by atoms with E-state index in [1.54, 1.807) is 6.92 Å². The first-order valence-electron chi connectivity index (χ1n) is 7.01. The second-order valence-electron chi connectivity index (χ2n) is 6.95. The van der Waals surface area contributed by atoms with Crippen molar-refractivity contribution in [2.45, 2.75) is 55.7 Å². The minimum atomic E-state index is -0.441. The first kappa shape index (κ1) is 13.1. The summed E-state index contributed by atoms with van der Waals surface area (Å²) in [5, 5.41) is 2.59. The van der Waals surface area contributed by atoms with Crippen LogP contribution in [0.4, 0.5) is 0 Å². The smallest absolute Gasteiger partial charge is 0.237 e. The number of hydrogen-bond donors (Lipinski definition) is 1. The normalized spacial score (nSPS) is 47.1. The first-order chi connectivity index (χ1) is 8.40. The molecule has 0 heterocycles. The Morgan fingerprint density at radius 3 is 2.44 bits per heavy atom. The van der Waals surface area contributed by atoms with Crippen LogP contribution in [0.25, 0.3) is 0 Å². The van der Waals surface area contributed by atoms with Crippen molar-refractivity contribution >= 4 is 29.1 Å². The van der Waals surface area contributed by atoms with Crippen LogP contribution in [-0.2, 0) is 4.79 Å². The van der Waals surface area contributed by atoms with E-state index in [1.807, 2.05) is 0 Å². The predicted octanol–water partition coefficient (Wildman–Crippen LogP) is 3.31. The predicted molar refractivity (Wildman–Crippen MR) is 74.0 cm³/mol. The Morgan fingerprint density at radius 2 is 1.94 bits per heavy atom. The number of amides is 1. The lowest BCUT2D eigenvalue weighted by Crippen LogP contribution is -2.56. The first-order valence-corrected chi connectivity index (χ1v) is 7.82. The molecule has 0 spiro atoms. The van der Waals surface area contributed by atoms with E-state index in [4.69, 9.17) is 23.2 Å². The SMILES string of the molecule is CC(Cl)C(=O)NCC12CC3CC(CC(Cl)(C3)C1)C2. The molecular weight excluding hydrogens is 269 g/mol. The number of carbonyl (C=O) groups excluding carboxylic acids is 1. The van der Waals surface area contributed by atoms with Crippen molar-refractivity contribution in [2.75, 3.05) is 6.54 Å². The summed E-state index contributed by atoms with van der Waals surface area (Å²) in [6.45, 7) is 2.49. The third-order valence-corrected chi connectivity index (χ3v) is 5.75. The Hall–Kier alpha value is 0.0500. The van der Waals surface area contributed by atoms with Crippen molar-refractivity contribution in [1.82, 2.24) is 5.32 Å². The van der Waals surface area contributed by atoms with Gasteiger partial charge in [-0.15, -0.1) is 23.2 Å². The number of carbonyl (C=O) groups is 1. The van der Waals surface area contributed by atoms with E-state index < -0.39 is 5.38 Å². The number of rotatable bonds is 3. The summed E-state index contributed by atoms with van der Waals surface area (Å²) >= 11 is 12.6. The summed E-state index contributed by atoms with van der Waals surface area (Å²) in [7, 11) is 0. The molecule has 4 aliphatic rings. The molecule has 3 unspecified atom stereocenters. The minimum absolute atomic E-state index is 0.0292. The van der Waals surface area contributed by atoms with Gasteiger partial charge in [-0.3, -0.25) is 4.79 Å². The van der Waals surface area contributed by atoms with E-state index in [9.17, 15) is 4.79 Å². The molecule has 2 nitrogen and oxygen atoms in total. The number of nitrogens with one attached hydrogen (secondary N) is 1. The Morgan fingerprint density at radius 1 is 1.33 bits per heavy atom. The molecule has 4 fully saturated rings. The average molecular weight is 290 g/mol. The summed E-state index contributed by atoms with van der Waals surface area (Å²) < 4.78 is 0. The minimum Gasteiger partial charge on any atom is -0.354 e. The largest absolute Gasteiger partial charge is 0.354 e. The van der Waals surface area contributed by atoms with Crippen LogP contribution in [-0.4, -0.2) is 22.7 Å². The summed E-state index contributed by atoms with van der Waals surface area (Å²) in [6.07, 6.45) is 7.30. The van der Waals surface area contributed by atoms with Crippen LogP contribution in [0.1, 0.15) is 45.4 Å². The zero-order chi connectivity index (χ0) is 13.0. The lowest BCUT2D eigenvalue weighted by Gasteiger charge is -2.60. The Balaban J connectivity index is 1.70. The molecule has 4 aliphatic carbocycles. The summed E-state index contributed by atoms with van der Waals surface area (Å²) in [5.74, 6) is 1.53. The van der Waals surface area contributed by atoms with Gasteiger partial charge < -0.3 is 5.32 Å². The Kier molecular flexibility index (Phi) is 3.10. The van der Waals surface area contributed by atoms with Crippen LogP contribution in [0.5, 0.6) is 0 Å². The van der Waals surface area contributed by atoms with Crippen molar-refractivity contribution in [1.29, 1.82) is 0 Å². The van der Waals surface area contributed by atoms with E-state index in [1.165, 1.54) is 32.1 Å². The Labute approximate surface area is 119 Å². The topological polar surface area (TPSA) is 29.1 Å².